The molecule has 1 aliphatic carbocycles. The molecule has 3 nitrogen and oxygen atoms in total. The maximum absolute atomic E-state index is 11.7. The first-order valence-electron chi connectivity index (χ1n) is 6.46. The smallest absolute Gasteiger partial charge is 0.412 e. The van der Waals surface area contributed by atoms with Gasteiger partial charge in [-0.1, -0.05) is 12.1 Å². The van der Waals surface area contributed by atoms with E-state index in [0.717, 1.165) is 11.3 Å². The van der Waals surface area contributed by atoms with Crippen molar-refractivity contribution in [2.45, 2.75) is 52.1 Å². The minimum Gasteiger partial charge on any atom is -0.444 e. The Kier molecular flexibility index (Phi) is 3.33. The van der Waals surface area contributed by atoms with E-state index < -0.39 is 11.7 Å². The Balaban J connectivity index is 2.08. The number of hydrogen-bond donors (Lipinski definition) is 1. The number of carbonyl (C=O) groups excluding carboxylic acids is 1. The molecule has 0 unspecified atom stereocenters. The van der Waals surface area contributed by atoms with Gasteiger partial charge in [-0.2, -0.15) is 0 Å². The molecule has 1 saturated carbocycles. The van der Waals surface area contributed by atoms with Gasteiger partial charge < -0.3 is 4.74 Å². The molecule has 0 heterocycles. The molecule has 0 bridgehead atoms. The molecule has 0 aromatic heterocycles. The lowest BCUT2D eigenvalue weighted by atomic mass is 10.1. The van der Waals surface area contributed by atoms with Crippen molar-refractivity contribution in [2.24, 2.45) is 0 Å². The van der Waals surface area contributed by atoms with Gasteiger partial charge in [0.2, 0.25) is 0 Å². The summed E-state index contributed by atoms with van der Waals surface area (Å²) < 4.78 is 5.26. The first-order valence-corrected chi connectivity index (χ1v) is 6.46. The zero-order valence-corrected chi connectivity index (χ0v) is 11.5. The second-order valence-electron chi connectivity index (χ2n) is 5.98. The summed E-state index contributed by atoms with van der Waals surface area (Å²) in [5.41, 5.74) is 2.76. The molecule has 1 aliphatic rings. The van der Waals surface area contributed by atoms with Gasteiger partial charge in [-0.15, -0.1) is 0 Å². The molecule has 1 aromatic carbocycles. The average Bonchev–Trinajstić information content (AvgIpc) is 3.01. The van der Waals surface area contributed by atoms with Crippen LogP contribution in [-0.2, 0) is 4.74 Å². The third-order valence-electron chi connectivity index (χ3n) is 2.95. The van der Waals surface area contributed by atoms with Crippen LogP contribution in [0.3, 0.4) is 0 Å². The summed E-state index contributed by atoms with van der Waals surface area (Å²) in [5.74, 6) is 0.685. The first kappa shape index (κ1) is 12.9. The van der Waals surface area contributed by atoms with E-state index in [1.807, 2.05) is 27.7 Å². The summed E-state index contributed by atoms with van der Waals surface area (Å²) in [5, 5.41) is 2.83. The van der Waals surface area contributed by atoms with Crippen molar-refractivity contribution in [1.29, 1.82) is 0 Å². The predicted octanol–water partition coefficient (Wildman–Crippen LogP) is 4.22. The molecule has 1 N–H and O–H groups in total. The Morgan fingerprint density at radius 2 is 2.00 bits per heavy atom. The van der Waals surface area contributed by atoms with Gasteiger partial charge >= 0.3 is 6.09 Å². The van der Waals surface area contributed by atoms with Crippen LogP contribution in [0.5, 0.6) is 0 Å². The molecule has 2 rings (SSSR count). The van der Waals surface area contributed by atoms with Gasteiger partial charge in [-0.25, -0.2) is 4.79 Å². The van der Waals surface area contributed by atoms with Crippen LogP contribution in [0.25, 0.3) is 0 Å². The van der Waals surface area contributed by atoms with Crippen LogP contribution in [0.1, 0.15) is 50.7 Å². The van der Waals surface area contributed by atoms with E-state index in [4.69, 9.17) is 4.74 Å². The van der Waals surface area contributed by atoms with Gasteiger partial charge in [0.05, 0.1) is 0 Å². The van der Waals surface area contributed by atoms with E-state index >= 15 is 0 Å². The van der Waals surface area contributed by atoms with Crippen molar-refractivity contribution in [2.75, 3.05) is 5.32 Å². The Morgan fingerprint density at radius 3 is 2.56 bits per heavy atom. The van der Waals surface area contributed by atoms with Crippen molar-refractivity contribution in [3.63, 3.8) is 0 Å². The molecule has 0 atom stereocenters. The van der Waals surface area contributed by atoms with Crippen LogP contribution in [0.2, 0.25) is 0 Å². The van der Waals surface area contributed by atoms with Gasteiger partial charge in [0.1, 0.15) is 5.60 Å². The summed E-state index contributed by atoms with van der Waals surface area (Å²) in [7, 11) is 0. The quantitative estimate of drug-likeness (QED) is 0.849. The molecule has 0 aliphatic heterocycles. The van der Waals surface area contributed by atoms with Gasteiger partial charge in [0.15, 0.2) is 0 Å². The normalized spacial score (nSPS) is 15.3. The number of anilines is 1. The maximum atomic E-state index is 11.7. The molecule has 0 radical (unpaired) electrons. The molecule has 3 heteroatoms. The standard InChI is InChI=1S/C15H21NO2/c1-10-5-6-12(11-7-8-11)9-13(10)16-14(17)18-15(2,3)4/h5-6,9,11H,7-8H2,1-4H3,(H,16,17). The lowest BCUT2D eigenvalue weighted by Gasteiger charge is -2.20. The van der Waals surface area contributed by atoms with Crippen molar-refractivity contribution in [3.05, 3.63) is 29.3 Å². The molecule has 98 valence electrons. The predicted molar refractivity (Wildman–Crippen MR) is 73.0 cm³/mol. The number of benzene rings is 1. The van der Waals surface area contributed by atoms with Crippen LogP contribution in [-0.4, -0.2) is 11.7 Å². The second-order valence-corrected chi connectivity index (χ2v) is 5.98. The minimum absolute atomic E-state index is 0.390. The highest BCUT2D eigenvalue weighted by molar-refractivity contribution is 5.86. The van der Waals surface area contributed by atoms with E-state index in [2.05, 4.69) is 23.5 Å². The SMILES string of the molecule is Cc1ccc(C2CC2)cc1NC(=O)OC(C)(C)C. The molecule has 18 heavy (non-hydrogen) atoms. The van der Waals surface area contributed by atoms with Crippen molar-refractivity contribution < 1.29 is 9.53 Å². The van der Waals surface area contributed by atoms with E-state index in [-0.39, 0.29) is 0 Å². The van der Waals surface area contributed by atoms with Crippen molar-refractivity contribution in [3.8, 4) is 0 Å². The molecule has 0 saturated heterocycles. The lowest BCUT2D eigenvalue weighted by molar-refractivity contribution is 0.0636. The van der Waals surface area contributed by atoms with E-state index in [1.165, 1.54) is 18.4 Å². The van der Waals surface area contributed by atoms with Crippen LogP contribution in [0.4, 0.5) is 10.5 Å². The van der Waals surface area contributed by atoms with Gasteiger partial charge in [0, 0.05) is 5.69 Å². The largest absolute Gasteiger partial charge is 0.444 e. The number of carbonyl (C=O) groups is 1. The van der Waals surface area contributed by atoms with E-state index in [9.17, 15) is 4.79 Å². The molecule has 1 fully saturated rings. The molecule has 1 aromatic rings. The van der Waals surface area contributed by atoms with Crippen LogP contribution in [0.15, 0.2) is 18.2 Å². The summed E-state index contributed by atoms with van der Waals surface area (Å²) >= 11 is 0. The highest BCUT2D eigenvalue weighted by Gasteiger charge is 2.24. The third-order valence-corrected chi connectivity index (χ3v) is 2.95. The van der Waals surface area contributed by atoms with Gasteiger partial charge in [-0.3, -0.25) is 5.32 Å². The summed E-state index contributed by atoms with van der Waals surface area (Å²) in [4.78, 5) is 11.7. The number of nitrogens with one attached hydrogen (secondary N) is 1. The molecule has 1 amide bonds. The molecular formula is C15H21NO2. The fourth-order valence-electron chi connectivity index (χ4n) is 1.86. The van der Waals surface area contributed by atoms with Crippen molar-refractivity contribution >= 4 is 11.8 Å². The number of amides is 1. The number of ether oxygens (including phenoxy) is 1. The van der Waals surface area contributed by atoms with E-state index in [1.54, 1.807) is 0 Å². The van der Waals surface area contributed by atoms with Crippen molar-refractivity contribution in [1.82, 2.24) is 0 Å². The Labute approximate surface area is 109 Å². The highest BCUT2D eigenvalue weighted by atomic mass is 16.6. The zero-order valence-electron chi connectivity index (χ0n) is 11.5. The fraction of sp³-hybridized carbons (Fsp3) is 0.533. The summed E-state index contributed by atoms with van der Waals surface area (Å²) in [6.45, 7) is 7.57. The molecule has 0 spiro atoms. The topological polar surface area (TPSA) is 38.3 Å². The minimum atomic E-state index is -0.466. The second kappa shape index (κ2) is 4.63. The lowest BCUT2D eigenvalue weighted by Crippen LogP contribution is -2.27. The summed E-state index contributed by atoms with van der Waals surface area (Å²) in [6, 6.07) is 6.27. The monoisotopic (exact) mass is 247 g/mol. The Bertz CT molecular complexity index is 456. The van der Waals surface area contributed by atoms with Gasteiger partial charge in [0.25, 0.3) is 0 Å². The zero-order chi connectivity index (χ0) is 13.3. The van der Waals surface area contributed by atoms with Crippen LogP contribution >= 0.6 is 0 Å². The highest BCUT2D eigenvalue weighted by Crippen LogP contribution is 2.41. The Morgan fingerprint density at radius 1 is 1.33 bits per heavy atom. The maximum Gasteiger partial charge on any atom is 0.412 e. The number of aryl methyl sites for hydroxylation is 1. The fourth-order valence-corrected chi connectivity index (χ4v) is 1.86. The van der Waals surface area contributed by atoms with Crippen LogP contribution in [0, 0.1) is 6.92 Å². The first-order chi connectivity index (χ1) is 8.35. The third kappa shape index (κ3) is 3.49. The van der Waals surface area contributed by atoms with Crippen LogP contribution < -0.4 is 5.32 Å². The average molecular weight is 247 g/mol. The number of rotatable bonds is 2. The molecular weight excluding hydrogens is 226 g/mol. The number of hydrogen-bond acceptors (Lipinski definition) is 2. The Hall–Kier alpha value is -1.51. The summed E-state index contributed by atoms with van der Waals surface area (Å²) in [6.07, 6.45) is 2.13. The van der Waals surface area contributed by atoms with Gasteiger partial charge in [-0.05, 0) is 63.6 Å². The van der Waals surface area contributed by atoms with E-state index in [0.29, 0.717) is 5.92 Å².